The molecular weight excluding hydrogens is 172 g/mol. The van der Waals surface area contributed by atoms with Gasteiger partial charge in [0.05, 0.1) is 26.4 Å². The van der Waals surface area contributed by atoms with Gasteiger partial charge in [-0.1, -0.05) is 6.92 Å². The quantitative estimate of drug-likeness (QED) is 0.501. The van der Waals surface area contributed by atoms with E-state index in [0.717, 1.165) is 0 Å². The van der Waals surface area contributed by atoms with Gasteiger partial charge in [-0.05, 0) is 0 Å². The molecule has 0 N–H and O–H groups in total. The Morgan fingerprint density at radius 1 is 1.08 bits per heavy atom. The molecule has 13 heavy (non-hydrogen) atoms. The van der Waals surface area contributed by atoms with Gasteiger partial charge >= 0.3 is 0 Å². The highest BCUT2D eigenvalue weighted by Gasteiger charge is 1.96. The van der Waals surface area contributed by atoms with Gasteiger partial charge in [-0.3, -0.25) is 4.79 Å². The molecule has 0 heterocycles. The summed E-state index contributed by atoms with van der Waals surface area (Å²) >= 11 is 0. The van der Waals surface area contributed by atoms with Crippen molar-refractivity contribution in [3.63, 3.8) is 0 Å². The van der Waals surface area contributed by atoms with Crippen LogP contribution in [0.3, 0.4) is 0 Å². The van der Waals surface area contributed by atoms with E-state index < -0.39 is 0 Å². The molecule has 0 radical (unpaired) electrons. The molecular formula is C9H18O4. The zero-order valence-corrected chi connectivity index (χ0v) is 8.38. The second-order valence-corrected chi connectivity index (χ2v) is 2.55. The number of hydrogen-bond acceptors (Lipinski definition) is 4. The van der Waals surface area contributed by atoms with Gasteiger partial charge in [-0.2, -0.15) is 0 Å². The van der Waals surface area contributed by atoms with Crippen LogP contribution in [0, 0.1) is 0 Å². The van der Waals surface area contributed by atoms with E-state index in [9.17, 15) is 4.79 Å². The molecule has 78 valence electrons. The van der Waals surface area contributed by atoms with Crippen molar-refractivity contribution in [2.24, 2.45) is 0 Å². The van der Waals surface area contributed by atoms with E-state index in [1.54, 1.807) is 7.11 Å². The van der Waals surface area contributed by atoms with E-state index in [1.807, 2.05) is 6.92 Å². The lowest BCUT2D eigenvalue weighted by Crippen LogP contribution is -2.12. The fourth-order valence-corrected chi connectivity index (χ4v) is 0.650. The van der Waals surface area contributed by atoms with Crippen LogP contribution in [0.5, 0.6) is 0 Å². The van der Waals surface area contributed by atoms with Crippen molar-refractivity contribution in [2.75, 3.05) is 40.1 Å². The molecule has 0 fully saturated rings. The van der Waals surface area contributed by atoms with Gasteiger partial charge < -0.3 is 14.2 Å². The second kappa shape index (κ2) is 9.64. The Morgan fingerprint density at radius 3 is 2.31 bits per heavy atom. The van der Waals surface area contributed by atoms with Crippen molar-refractivity contribution < 1.29 is 19.0 Å². The van der Waals surface area contributed by atoms with E-state index in [4.69, 9.17) is 14.2 Å². The number of ketones is 1. The number of rotatable bonds is 9. The fraction of sp³-hybridized carbons (Fsp3) is 0.889. The summed E-state index contributed by atoms with van der Waals surface area (Å²) < 4.78 is 15.0. The SMILES string of the molecule is CCC(=O)COCCOCCOC. The Hall–Kier alpha value is -0.450. The summed E-state index contributed by atoms with van der Waals surface area (Å²) in [6.07, 6.45) is 0.532. The summed E-state index contributed by atoms with van der Waals surface area (Å²) in [4.78, 5) is 10.8. The molecule has 0 bridgehead atoms. The normalized spacial score (nSPS) is 10.3. The lowest BCUT2D eigenvalue weighted by Gasteiger charge is -2.03. The molecule has 0 aliphatic heterocycles. The van der Waals surface area contributed by atoms with Crippen molar-refractivity contribution in [1.29, 1.82) is 0 Å². The summed E-state index contributed by atoms with van der Waals surface area (Å²) in [5.41, 5.74) is 0. The Kier molecular flexibility index (Phi) is 9.30. The van der Waals surface area contributed by atoms with Crippen LogP contribution < -0.4 is 0 Å². The Bertz CT molecular complexity index is 125. The van der Waals surface area contributed by atoms with Crippen molar-refractivity contribution >= 4 is 5.78 Å². The zero-order chi connectivity index (χ0) is 9.94. The Morgan fingerprint density at radius 2 is 1.69 bits per heavy atom. The van der Waals surface area contributed by atoms with Gasteiger partial charge in [0.15, 0.2) is 5.78 Å². The lowest BCUT2D eigenvalue weighted by molar-refractivity contribution is -0.123. The van der Waals surface area contributed by atoms with Gasteiger partial charge in [0.1, 0.15) is 6.61 Å². The summed E-state index contributed by atoms with van der Waals surface area (Å²) in [6.45, 7) is 4.16. The molecule has 4 heteroatoms. The predicted octanol–water partition coefficient (Wildman–Crippen LogP) is 0.645. The third-order valence-corrected chi connectivity index (χ3v) is 1.46. The summed E-state index contributed by atoms with van der Waals surface area (Å²) in [7, 11) is 1.62. The maximum Gasteiger partial charge on any atom is 0.158 e. The van der Waals surface area contributed by atoms with Crippen LogP contribution in [0.15, 0.2) is 0 Å². The van der Waals surface area contributed by atoms with Crippen molar-refractivity contribution in [3.05, 3.63) is 0 Å². The summed E-state index contributed by atoms with van der Waals surface area (Å²) in [5.74, 6) is 0.122. The van der Waals surface area contributed by atoms with Crippen molar-refractivity contribution in [3.8, 4) is 0 Å². The van der Waals surface area contributed by atoms with E-state index in [0.29, 0.717) is 32.8 Å². The third-order valence-electron chi connectivity index (χ3n) is 1.46. The van der Waals surface area contributed by atoms with E-state index >= 15 is 0 Å². The monoisotopic (exact) mass is 190 g/mol. The number of Topliss-reactive ketones (excluding diaryl/α,β-unsaturated/α-hetero) is 1. The minimum Gasteiger partial charge on any atom is -0.382 e. The lowest BCUT2D eigenvalue weighted by atomic mass is 10.3. The van der Waals surface area contributed by atoms with Crippen molar-refractivity contribution in [1.82, 2.24) is 0 Å². The fourth-order valence-electron chi connectivity index (χ4n) is 0.650. The minimum absolute atomic E-state index is 0.122. The van der Waals surface area contributed by atoms with Crippen LogP contribution in [0.25, 0.3) is 0 Å². The highest BCUT2D eigenvalue weighted by molar-refractivity contribution is 5.79. The maximum atomic E-state index is 10.8. The molecule has 0 saturated heterocycles. The third kappa shape index (κ3) is 9.46. The first-order chi connectivity index (χ1) is 6.31. The van der Waals surface area contributed by atoms with E-state index in [2.05, 4.69) is 0 Å². The molecule has 0 rings (SSSR count). The molecule has 0 aromatic heterocycles. The zero-order valence-electron chi connectivity index (χ0n) is 8.38. The van der Waals surface area contributed by atoms with Gasteiger partial charge in [0.2, 0.25) is 0 Å². The predicted molar refractivity (Wildman–Crippen MR) is 48.8 cm³/mol. The molecule has 0 amide bonds. The summed E-state index contributed by atoms with van der Waals surface area (Å²) in [6, 6.07) is 0. The highest BCUT2D eigenvalue weighted by atomic mass is 16.5. The van der Waals surface area contributed by atoms with Gasteiger partial charge in [-0.15, -0.1) is 0 Å². The molecule has 0 unspecified atom stereocenters. The smallest absolute Gasteiger partial charge is 0.158 e. The van der Waals surface area contributed by atoms with Gasteiger partial charge in [-0.25, -0.2) is 0 Å². The van der Waals surface area contributed by atoms with Crippen LogP contribution in [-0.4, -0.2) is 45.9 Å². The molecule has 0 atom stereocenters. The number of carbonyl (C=O) groups is 1. The minimum atomic E-state index is 0.122. The molecule has 0 aliphatic rings. The van der Waals surface area contributed by atoms with Gasteiger partial charge in [0, 0.05) is 13.5 Å². The first-order valence-corrected chi connectivity index (χ1v) is 4.47. The van der Waals surface area contributed by atoms with E-state index in [1.165, 1.54) is 0 Å². The van der Waals surface area contributed by atoms with Gasteiger partial charge in [0.25, 0.3) is 0 Å². The largest absolute Gasteiger partial charge is 0.382 e. The van der Waals surface area contributed by atoms with Crippen LogP contribution in [0.4, 0.5) is 0 Å². The highest BCUT2D eigenvalue weighted by Crippen LogP contribution is 1.84. The number of carbonyl (C=O) groups excluding carboxylic acids is 1. The molecule has 0 aromatic rings. The van der Waals surface area contributed by atoms with Crippen LogP contribution in [0.1, 0.15) is 13.3 Å². The Balaban J connectivity index is 2.95. The van der Waals surface area contributed by atoms with E-state index in [-0.39, 0.29) is 12.4 Å². The second-order valence-electron chi connectivity index (χ2n) is 2.55. The molecule has 0 saturated carbocycles. The Labute approximate surface area is 79.2 Å². The van der Waals surface area contributed by atoms with Crippen molar-refractivity contribution in [2.45, 2.75) is 13.3 Å². The molecule has 4 nitrogen and oxygen atoms in total. The maximum absolute atomic E-state index is 10.8. The molecule has 0 aromatic carbocycles. The number of ether oxygens (including phenoxy) is 3. The van der Waals surface area contributed by atoms with Crippen LogP contribution in [0.2, 0.25) is 0 Å². The first kappa shape index (κ1) is 12.6. The molecule has 0 aliphatic carbocycles. The molecule has 0 spiro atoms. The number of methoxy groups -OCH3 is 1. The topological polar surface area (TPSA) is 44.8 Å². The average molecular weight is 190 g/mol. The van der Waals surface area contributed by atoms with Crippen LogP contribution >= 0.6 is 0 Å². The average Bonchev–Trinajstić information content (AvgIpc) is 2.16. The van der Waals surface area contributed by atoms with Crippen LogP contribution in [-0.2, 0) is 19.0 Å². The number of hydrogen-bond donors (Lipinski definition) is 0. The first-order valence-electron chi connectivity index (χ1n) is 4.47. The summed E-state index contributed by atoms with van der Waals surface area (Å²) in [5, 5.41) is 0. The standard InChI is InChI=1S/C9H18O4/c1-3-9(10)8-13-7-6-12-5-4-11-2/h3-8H2,1-2H3.